The second kappa shape index (κ2) is 8.61. The van der Waals surface area contributed by atoms with Crippen molar-refractivity contribution in [2.75, 3.05) is 19.1 Å². The van der Waals surface area contributed by atoms with Gasteiger partial charge in [0, 0.05) is 10.9 Å². The summed E-state index contributed by atoms with van der Waals surface area (Å²) in [5.41, 5.74) is 0.948. The van der Waals surface area contributed by atoms with Gasteiger partial charge in [-0.2, -0.15) is 0 Å². The minimum Gasteiger partial charge on any atom is -0.493 e. The van der Waals surface area contributed by atoms with E-state index in [9.17, 15) is 9.59 Å². The average molecular weight is 490 g/mol. The first-order valence-corrected chi connectivity index (χ1v) is 12.2. The summed E-state index contributed by atoms with van der Waals surface area (Å²) in [4.78, 5) is 29.0. The van der Waals surface area contributed by atoms with Crippen molar-refractivity contribution in [1.82, 2.24) is 10.2 Å². The van der Waals surface area contributed by atoms with Crippen LogP contribution >= 0.6 is 22.9 Å². The van der Waals surface area contributed by atoms with Gasteiger partial charge in [0.1, 0.15) is 17.2 Å². The molecule has 0 N–H and O–H groups in total. The van der Waals surface area contributed by atoms with E-state index in [0.717, 1.165) is 11.4 Å². The number of nitrogens with zero attached hydrogens (tertiary/aromatic N) is 3. The number of aromatic nitrogens is 2. The van der Waals surface area contributed by atoms with Crippen LogP contribution in [0.25, 0.3) is 0 Å². The van der Waals surface area contributed by atoms with Gasteiger partial charge >= 0.3 is 0 Å². The SMILES string of the molecule is CCc1nnc(N2C(=O)C3=C(C(=O)C4CC(Cl)CCC4O3)C2c2cccc(OC)c2OC)s1. The standard InChI is InChI=1S/C23H24ClN3O5S/c1-4-16-25-26-23(33-16)27-18(12-6-5-7-15(30-2)20(12)31-3)17-19(28)13-10-11(24)8-9-14(13)32-21(17)22(27)29/h5-7,11,13-14,18H,4,8-10H2,1-3H3. The van der Waals surface area contributed by atoms with Crippen LogP contribution in [0.3, 0.4) is 0 Å². The molecule has 1 saturated carbocycles. The van der Waals surface area contributed by atoms with Crippen LogP contribution in [-0.2, 0) is 20.7 Å². The van der Waals surface area contributed by atoms with Gasteiger partial charge in [0.05, 0.1) is 25.7 Å². The van der Waals surface area contributed by atoms with Crippen LogP contribution in [0.5, 0.6) is 11.5 Å². The van der Waals surface area contributed by atoms with E-state index < -0.39 is 11.9 Å². The Morgan fingerprint density at radius 3 is 2.73 bits per heavy atom. The van der Waals surface area contributed by atoms with Crippen LogP contribution in [0.2, 0.25) is 0 Å². The first-order valence-electron chi connectivity index (χ1n) is 10.9. The lowest BCUT2D eigenvalue weighted by Gasteiger charge is -2.37. The fourth-order valence-corrected chi connectivity index (χ4v) is 6.04. The van der Waals surface area contributed by atoms with Crippen molar-refractivity contribution in [3.63, 3.8) is 0 Å². The van der Waals surface area contributed by atoms with E-state index in [1.54, 1.807) is 13.2 Å². The maximum atomic E-state index is 13.8. The van der Waals surface area contributed by atoms with E-state index in [1.807, 2.05) is 19.1 Å². The summed E-state index contributed by atoms with van der Waals surface area (Å²) in [5.74, 6) is 0.176. The van der Waals surface area contributed by atoms with Gasteiger partial charge in [0.2, 0.25) is 5.13 Å². The maximum absolute atomic E-state index is 13.8. The van der Waals surface area contributed by atoms with Crippen LogP contribution in [0.4, 0.5) is 5.13 Å². The van der Waals surface area contributed by atoms with Gasteiger partial charge in [0.15, 0.2) is 23.0 Å². The number of alkyl halides is 1. The molecule has 2 aromatic rings. The molecule has 0 radical (unpaired) electrons. The Labute approximate surface area is 200 Å². The minimum absolute atomic E-state index is 0.0887. The lowest BCUT2D eigenvalue weighted by molar-refractivity contribution is -0.131. The molecular weight excluding hydrogens is 466 g/mol. The zero-order valence-corrected chi connectivity index (χ0v) is 20.1. The molecule has 33 heavy (non-hydrogen) atoms. The molecule has 5 rings (SSSR count). The van der Waals surface area contributed by atoms with Crippen molar-refractivity contribution in [2.24, 2.45) is 5.92 Å². The summed E-state index contributed by atoms with van der Waals surface area (Å²) in [6.45, 7) is 1.97. The molecule has 174 valence electrons. The van der Waals surface area contributed by atoms with Crippen LogP contribution in [0, 0.1) is 5.92 Å². The molecule has 0 saturated heterocycles. The number of rotatable bonds is 5. The van der Waals surface area contributed by atoms with E-state index in [1.165, 1.54) is 23.3 Å². The molecule has 1 aliphatic carbocycles. The highest BCUT2D eigenvalue weighted by atomic mass is 35.5. The van der Waals surface area contributed by atoms with Crippen molar-refractivity contribution in [3.05, 3.63) is 40.1 Å². The Kier molecular flexibility index (Phi) is 5.78. The number of methoxy groups -OCH3 is 2. The van der Waals surface area contributed by atoms with Gasteiger partial charge in [-0.25, -0.2) is 0 Å². The van der Waals surface area contributed by atoms with E-state index in [-0.39, 0.29) is 28.9 Å². The monoisotopic (exact) mass is 489 g/mol. The summed E-state index contributed by atoms with van der Waals surface area (Å²) < 4.78 is 17.4. The summed E-state index contributed by atoms with van der Waals surface area (Å²) in [6.07, 6.45) is 2.26. The second-order valence-corrected chi connectivity index (χ2v) is 9.93. The predicted octanol–water partition coefficient (Wildman–Crippen LogP) is 3.84. The van der Waals surface area contributed by atoms with Crippen molar-refractivity contribution in [1.29, 1.82) is 0 Å². The van der Waals surface area contributed by atoms with Gasteiger partial charge in [-0.05, 0) is 31.7 Å². The van der Waals surface area contributed by atoms with Gasteiger partial charge in [0.25, 0.3) is 5.91 Å². The molecule has 2 aliphatic heterocycles. The normalized spacial score (nSPS) is 26.7. The molecule has 4 atom stereocenters. The first-order chi connectivity index (χ1) is 16.0. The van der Waals surface area contributed by atoms with Gasteiger partial charge in [-0.3, -0.25) is 14.5 Å². The van der Waals surface area contributed by atoms with Crippen LogP contribution in [0.15, 0.2) is 29.5 Å². The molecule has 3 heterocycles. The van der Waals surface area contributed by atoms with Crippen molar-refractivity contribution in [2.45, 2.75) is 50.1 Å². The van der Waals surface area contributed by atoms with E-state index in [2.05, 4.69) is 10.2 Å². The van der Waals surface area contributed by atoms with Crippen molar-refractivity contribution < 1.29 is 23.8 Å². The number of Topliss-reactive ketones (excluding diaryl/α,β-unsaturated/α-hetero) is 1. The topological polar surface area (TPSA) is 90.9 Å². The number of aryl methyl sites for hydroxylation is 1. The number of para-hydroxylation sites is 1. The Morgan fingerprint density at radius 2 is 2.03 bits per heavy atom. The Balaban J connectivity index is 1.69. The summed E-state index contributed by atoms with van der Waals surface area (Å²) in [7, 11) is 3.08. The largest absolute Gasteiger partial charge is 0.493 e. The lowest BCUT2D eigenvalue weighted by atomic mass is 9.77. The number of hydrogen-bond acceptors (Lipinski definition) is 8. The number of amides is 1. The highest BCUT2D eigenvalue weighted by molar-refractivity contribution is 7.15. The Hall–Kier alpha value is -2.65. The molecule has 1 fully saturated rings. The smallest absolute Gasteiger partial charge is 0.296 e. The molecular formula is C23H24ClN3O5S. The third-order valence-corrected chi connectivity index (χ3v) is 7.94. The van der Waals surface area contributed by atoms with Crippen molar-refractivity contribution >= 4 is 39.8 Å². The van der Waals surface area contributed by atoms with E-state index in [4.69, 9.17) is 25.8 Å². The molecule has 10 heteroatoms. The molecule has 1 aromatic carbocycles. The maximum Gasteiger partial charge on any atom is 0.296 e. The Bertz CT molecular complexity index is 1150. The van der Waals surface area contributed by atoms with E-state index >= 15 is 0 Å². The third-order valence-electron chi connectivity index (χ3n) is 6.48. The highest BCUT2D eigenvalue weighted by Crippen LogP contribution is 2.51. The summed E-state index contributed by atoms with van der Waals surface area (Å²) >= 11 is 7.73. The molecule has 1 aromatic heterocycles. The fraction of sp³-hybridized carbons (Fsp3) is 0.478. The predicted molar refractivity (Wildman–Crippen MR) is 123 cm³/mol. The third kappa shape index (κ3) is 3.49. The van der Waals surface area contributed by atoms with Gasteiger partial charge in [-0.15, -0.1) is 21.8 Å². The van der Waals surface area contributed by atoms with Gasteiger partial charge < -0.3 is 14.2 Å². The summed E-state index contributed by atoms with van der Waals surface area (Å²) in [5, 5.41) is 9.58. The quantitative estimate of drug-likeness (QED) is 0.589. The number of ketones is 1. The Morgan fingerprint density at radius 1 is 1.21 bits per heavy atom. The zero-order valence-electron chi connectivity index (χ0n) is 18.5. The molecule has 4 unspecified atom stereocenters. The fourth-order valence-electron chi connectivity index (χ4n) is 4.92. The molecule has 3 aliphatic rings. The van der Waals surface area contributed by atoms with Crippen LogP contribution in [-0.4, -0.2) is 47.6 Å². The average Bonchev–Trinajstić information content (AvgIpc) is 3.41. The number of carbonyl (C=O) groups is 2. The molecule has 1 amide bonds. The number of hydrogen-bond donors (Lipinski definition) is 0. The number of anilines is 1. The minimum atomic E-state index is -0.764. The number of halogens is 1. The number of fused-ring (bicyclic) bond motifs is 1. The lowest BCUT2D eigenvalue weighted by Crippen LogP contribution is -2.41. The van der Waals surface area contributed by atoms with Crippen LogP contribution in [0.1, 0.15) is 42.8 Å². The van der Waals surface area contributed by atoms with Crippen LogP contribution < -0.4 is 14.4 Å². The highest BCUT2D eigenvalue weighted by Gasteiger charge is 2.54. The second-order valence-electron chi connectivity index (χ2n) is 8.27. The first kappa shape index (κ1) is 22.2. The number of ether oxygens (including phenoxy) is 3. The summed E-state index contributed by atoms with van der Waals surface area (Å²) in [6, 6.07) is 4.64. The molecule has 8 nitrogen and oxygen atoms in total. The zero-order chi connectivity index (χ0) is 23.3. The number of benzene rings is 1. The van der Waals surface area contributed by atoms with E-state index in [0.29, 0.717) is 47.0 Å². The number of carbonyl (C=O) groups excluding carboxylic acids is 2. The van der Waals surface area contributed by atoms with Crippen molar-refractivity contribution in [3.8, 4) is 11.5 Å². The molecule has 0 spiro atoms. The van der Waals surface area contributed by atoms with Gasteiger partial charge in [-0.1, -0.05) is 30.4 Å². The molecule has 0 bridgehead atoms.